The highest BCUT2D eigenvalue weighted by Crippen LogP contribution is 2.24. The Bertz CT molecular complexity index is 680. The number of hydrogen-bond acceptors (Lipinski definition) is 3. The maximum absolute atomic E-state index is 12.3. The zero-order chi connectivity index (χ0) is 17.7. The van der Waals surface area contributed by atoms with Crippen LogP contribution in [0.5, 0.6) is 0 Å². The number of aryl methyl sites for hydroxylation is 2. The van der Waals surface area contributed by atoms with Crippen molar-refractivity contribution < 1.29 is 13.2 Å². The first-order chi connectivity index (χ1) is 11.3. The minimum Gasteiger partial charge on any atom is -0.354 e. The van der Waals surface area contributed by atoms with Gasteiger partial charge in [-0.3, -0.25) is 9.10 Å². The van der Waals surface area contributed by atoms with E-state index in [2.05, 4.69) is 5.32 Å². The Morgan fingerprint density at radius 1 is 1.21 bits per heavy atom. The first kappa shape index (κ1) is 18.8. The molecular formula is C18H28N2O3S. The van der Waals surface area contributed by atoms with Crippen LogP contribution in [0.15, 0.2) is 18.2 Å². The van der Waals surface area contributed by atoms with Gasteiger partial charge >= 0.3 is 0 Å². The Morgan fingerprint density at radius 3 is 2.50 bits per heavy atom. The molecule has 2 rings (SSSR count). The summed E-state index contributed by atoms with van der Waals surface area (Å²) in [4.78, 5) is 12.3. The van der Waals surface area contributed by atoms with Gasteiger partial charge in [0.15, 0.2) is 0 Å². The summed E-state index contributed by atoms with van der Waals surface area (Å²) in [6.45, 7) is 4.23. The van der Waals surface area contributed by atoms with Crippen molar-refractivity contribution in [1.29, 1.82) is 0 Å². The normalized spacial score (nSPS) is 16.0. The van der Waals surface area contributed by atoms with Crippen LogP contribution >= 0.6 is 0 Å². The Kier molecular flexibility index (Phi) is 6.27. The van der Waals surface area contributed by atoms with E-state index in [9.17, 15) is 13.2 Å². The standard InChI is InChI=1S/C18H28N2O3S/c1-14-9-10-15(2)17(11-14)20(24(3,22)23)13-18(21)19-12-16-7-5-4-6-8-16/h9-11,16H,4-8,12-13H2,1-3H3,(H,19,21). The molecule has 0 bridgehead atoms. The molecule has 1 aliphatic carbocycles. The maximum Gasteiger partial charge on any atom is 0.240 e. The van der Waals surface area contributed by atoms with Gasteiger partial charge in [-0.2, -0.15) is 0 Å². The third-order valence-corrected chi connectivity index (χ3v) is 5.76. The van der Waals surface area contributed by atoms with Crippen LogP contribution in [0.1, 0.15) is 43.2 Å². The lowest BCUT2D eigenvalue weighted by molar-refractivity contribution is -0.119. The highest BCUT2D eigenvalue weighted by molar-refractivity contribution is 7.92. The van der Waals surface area contributed by atoms with Crippen LogP contribution in [-0.4, -0.2) is 33.7 Å². The molecule has 1 aromatic rings. The average Bonchev–Trinajstić information content (AvgIpc) is 2.53. The summed E-state index contributed by atoms with van der Waals surface area (Å²) < 4.78 is 25.6. The minimum absolute atomic E-state index is 0.171. The van der Waals surface area contributed by atoms with Crippen molar-refractivity contribution in [3.8, 4) is 0 Å². The van der Waals surface area contributed by atoms with E-state index in [1.54, 1.807) is 0 Å². The fourth-order valence-corrected chi connectivity index (χ4v) is 4.11. The number of anilines is 1. The summed E-state index contributed by atoms with van der Waals surface area (Å²) in [6.07, 6.45) is 7.15. The zero-order valence-electron chi connectivity index (χ0n) is 14.8. The fraction of sp³-hybridized carbons (Fsp3) is 0.611. The largest absolute Gasteiger partial charge is 0.354 e. The fourth-order valence-electron chi connectivity index (χ4n) is 3.20. The molecule has 1 fully saturated rings. The summed E-state index contributed by atoms with van der Waals surface area (Å²) in [6, 6.07) is 5.62. The summed E-state index contributed by atoms with van der Waals surface area (Å²) >= 11 is 0. The van der Waals surface area contributed by atoms with E-state index in [-0.39, 0.29) is 12.5 Å². The number of rotatable bonds is 6. The lowest BCUT2D eigenvalue weighted by Crippen LogP contribution is -2.42. The summed E-state index contributed by atoms with van der Waals surface area (Å²) in [5, 5.41) is 2.91. The number of benzene rings is 1. The summed E-state index contributed by atoms with van der Waals surface area (Å²) in [7, 11) is -3.52. The quantitative estimate of drug-likeness (QED) is 0.856. The average molecular weight is 353 g/mol. The van der Waals surface area contributed by atoms with Crippen molar-refractivity contribution in [2.24, 2.45) is 5.92 Å². The molecule has 0 saturated heterocycles. The van der Waals surface area contributed by atoms with E-state index in [0.717, 1.165) is 30.2 Å². The number of hydrogen-bond donors (Lipinski definition) is 1. The van der Waals surface area contributed by atoms with Gasteiger partial charge in [0.05, 0.1) is 11.9 Å². The smallest absolute Gasteiger partial charge is 0.240 e. The molecule has 6 heteroatoms. The van der Waals surface area contributed by atoms with Crippen LogP contribution < -0.4 is 9.62 Å². The van der Waals surface area contributed by atoms with E-state index < -0.39 is 10.0 Å². The van der Waals surface area contributed by atoms with Crippen LogP contribution in [0, 0.1) is 19.8 Å². The molecule has 1 amide bonds. The van der Waals surface area contributed by atoms with Crippen LogP contribution in [0.25, 0.3) is 0 Å². The van der Waals surface area contributed by atoms with Gasteiger partial charge in [-0.05, 0) is 49.8 Å². The third-order valence-electron chi connectivity index (χ3n) is 4.63. The highest BCUT2D eigenvalue weighted by Gasteiger charge is 2.23. The van der Waals surface area contributed by atoms with Gasteiger partial charge < -0.3 is 5.32 Å². The summed E-state index contributed by atoms with van der Waals surface area (Å²) in [5.41, 5.74) is 2.38. The van der Waals surface area contributed by atoms with Crippen LogP contribution in [0.3, 0.4) is 0 Å². The van der Waals surface area contributed by atoms with Crippen LogP contribution in [0.4, 0.5) is 5.69 Å². The Hall–Kier alpha value is -1.56. The molecule has 0 atom stereocenters. The predicted octanol–water partition coefficient (Wildman–Crippen LogP) is 2.77. The van der Waals surface area contributed by atoms with E-state index in [4.69, 9.17) is 0 Å². The van der Waals surface area contributed by atoms with Gasteiger partial charge in [0.2, 0.25) is 15.9 Å². The van der Waals surface area contributed by atoms with Crippen molar-refractivity contribution in [2.45, 2.75) is 46.0 Å². The van der Waals surface area contributed by atoms with Crippen molar-refractivity contribution >= 4 is 21.6 Å². The number of nitrogens with zero attached hydrogens (tertiary/aromatic N) is 1. The van der Waals surface area contributed by atoms with Crippen molar-refractivity contribution in [2.75, 3.05) is 23.7 Å². The molecule has 1 aliphatic rings. The molecule has 0 radical (unpaired) electrons. The lowest BCUT2D eigenvalue weighted by atomic mass is 9.89. The monoisotopic (exact) mass is 352 g/mol. The van der Waals surface area contributed by atoms with Gasteiger partial charge in [-0.25, -0.2) is 8.42 Å². The number of nitrogens with one attached hydrogen (secondary N) is 1. The molecule has 1 aromatic carbocycles. The molecule has 24 heavy (non-hydrogen) atoms. The molecule has 1 N–H and O–H groups in total. The molecule has 134 valence electrons. The van der Waals surface area contributed by atoms with Crippen molar-refractivity contribution in [1.82, 2.24) is 5.32 Å². The zero-order valence-corrected chi connectivity index (χ0v) is 15.7. The lowest BCUT2D eigenvalue weighted by Gasteiger charge is -2.25. The Balaban J connectivity index is 2.06. The number of sulfonamides is 1. The number of amides is 1. The van der Waals surface area contributed by atoms with E-state index in [0.29, 0.717) is 18.2 Å². The topological polar surface area (TPSA) is 66.5 Å². The molecule has 1 saturated carbocycles. The summed E-state index contributed by atoms with van der Waals surface area (Å²) in [5.74, 6) is 0.280. The van der Waals surface area contributed by atoms with E-state index in [1.165, 1.54) is 23.6 Å². The Morgan fingerprint density at radius 2 is 1.88 bits per heavy atom. The number of carbonyl (C=O) groups is 1. The Labute approximate surface area is 145 Å². The van der Waals surface area contributed by atoms with Gasteiger partial charge in [0, 0.05) is 6.54 Å². The second-order valence-corrected chi connectivity index (χ2v) is 8.77. The second kappa shape index (κ2) is 8.01. The van der Waals surface area contributed by atoms with Gasteiger partial charge in [0.1, 0.15) is 6.54 Å². The SMILES string of the molecule is Cc1ccc(C)c(N(CC(=O)NCC2CCCCC2)S(C)(=O)=O)c1. The van der Waals surface area contributed by atoms with Crippen LogP contribution in [0.2, 0.25) is 0 Å². The van der Waals surface area contributed by atoms with Crippen LogP contribution in [-0.2, 0) is 14.8 Å². The molecule has 0 aliphatic heterocycles. The first-order valence-electron chi connectivity index (χ1n) is 8.59. The van der Waals surface area contributed by atoms with Gasteiger partial charge in [-0.15, -0.1) is 0 Å². The molecule has 5 nitrogen and oxygen atoms in total. The first-order valence-corrected chi connectivity index (χ1v) is 10.4. The van der Waals surface area contributed by atoms with Crippen molar-refractivity contribution in [3.63, 3.8) is 0 Å². The predicted molar refractivity (Wildman–Crippen MR) is 97.7 cm³/mol. The molecule has 0 heterocycles. The molecular weight excluding hydrogens is 324 g/mol. The second-order valence-electron chi connectivity index (χ2n) is 6.87. The van der Waals surface area contributed by atoms with Gasteiger partial charge in [-0.1, -0.05) is 31.4 Å². The van der Waals surface area contributed by atoms with Gasteiger partial charge in [0.25, 0.3) is 0 Å². The minimum atomic E-state index is -3.52. The maximum atomic E-state index is 12.3. The third kappa shape index (κ3) is 5.23. The molecule has 0 aromatic heterocycles. The van der Waals surface area contributed by atoms with E-state index >= 15 is 0 Å². The van der Waals surface area contributed by atoms with Crippen molar-refractivity contribution in [3.05, 3.63) is 29.3 Å². The van der Waals surface area contributed by atoms with E-state index in [1.807, 2.05) is 32.0 Å². The highest BCUT2D eigenvalue weighted by atomic mass is 32.2. The number of carbonyl (C=O) groups excluding carboxylic acids is 1. The molecule has 0 spiro atoms. The molecule has 0 unspecified atom stereocenters.